The number of rotatable bonds is 10. The van der Waals surface area contributed by atoms with Crippen LogP contribution in [0.2, 0.25) is 0 Å². The van der Waals surface area contributed by atoms with Gasteiger partial charge >= 0.3 is 12.6 Å². The highest BCUT2D eigenvalue weighted by Crippen LogP contribution is 2.56. The molecule has 4 heterocycles. The molecule has 3 aromatic carbocycles. The number of nitrogens with one attached hydrogen (secondary N) is 1. The van der Waals surface area contributed by atoms with Gasteiger partial charge in [-0.2, -0.15) is 0 Å². The van der Waals surface area contributed by atoms with Crippen molar-refractivity contribution in [3.8, 4) is 0 Å². The van der Waals surface area contributed by atoms with Crippen molar-refractivity contribution in [1.82, 2.24) is 29.1 Å². The van der Waals surface area contributed by atoms with Gasteiger partial charge in [0.1, 0.15) is 0 Å². The lowest BCUT2D eigenvalue weighted by Gasteiger charge is -2.50. The fourth-order valence-corrected chi connectivity index (χ4v) is 9.79. The Labute approximate surface area is 307 Å². The zero-order chi connectivity index (χ0) is 36.3. The van der Waals surface area contributed by atoms with Crippen LogP contribution in [0.25, 0.3) is 0 Å². The van der Waals surface area contributed by atoms with Crippen LogP contribution in [0.3, 0.4) is 0 Å². The number of aromatic amines is 1. The van der Waals surface area contributed by atoms with E-state index in [0.29, 0.717) is 57.4 Å². The third kappa shape index (κ3) is 7.62. The van der Waals surface area contributed by atoms with E-state index in [0.717, 1.165) is 34.7 Å². The van der Waals surface area contributed by atoms with Gasteiger partial charge in [-0.15, -0.1) is 9.60 Å². The molecule has 0 amide bonds. The SMILES string of the molecule is Cc1cn(C2CN(C(c3ccccc3)(c3ccccc3)c3ccccc3)CC(COP(=O)(Cl)N3CCN(C4CCN(F)CC4)CC3)O2)c(=O)[nH]c1=O. The van der Waals surface area contributed by atoms with Gasteiger partial charge in [0.2, 0.25) is 0 Å². The van der Waals surface area contributed by atoms with Gasteiger partial charge in [0.05, 0.1) is 18.2 Å². The summed E-state index contributed by atoms with van der Waals surface area (Å²) >= 11 is 6.74. The summed E-state index contributed by atoms with van der Waals surface area (Å²) in [6.45, 7) is 1.47. The summed E-state index contributed by atoms with van der Waals surface area (Å²) in [5, 5.41) is 0.866. The van der Waals surface area contributed by atoms with Gasteiger partial charge in [0.15, 0.2) is 6.23 Å². The predicted octanol–water partition coefficient (Wildman–Crippen LogP) is 5.37. The summed E-state index contributed by atoms with van der Waals surface area (Å²) in [5.41, 5.74) is 1.50. The van der Waals surface area contributed by atoms with E-state index in [9.17, 15) is 18.6 Å². The van der Waals surface area contributed by atoms with Crippen molar-refractivity contribution in [3.63, 3.8) is 0 Å². The van der Waals surface area contributed by atoms with Crippen LogP contribution in [0.1, 0.15) is 41.3 Å². The van der Waals surface area contributed by atoms with Crippen LogP contribution in [0.5, 0.6) is 0 Å². The summed E-state index contributed by atoms with van der Waals surface area (Å²) in [5.74, 6) is 0. The van der Waals surface area contributed by atoms with Crippen molar-refractivity contribution >= 4 is 18.1 Å². The molecule has 3 atom stereocenters. The minimum Gasteiger partial charge on any atom is -0.350 e. The minimum absolute atomic E-state index is 0.103. The van der Waals surface area contributed by atoms with Gasteiger partial charge in [-0.05, 0) is 47.7 Å². The quantitative estimate of drug-likeness (QED) is 0.130. The normalized spacial score (nSPS) is 23.0. The molecule has 3 aliphatic rings. The maximum atomic E-state index is 14.0. The lowest BCUT2D eigenvalue weighted by atomic mass is 9.75. The van der Waals surface area contributed by atoms with Crippen molar-refractivity contribution < 1.29 is 18.3 Å². The third-order valence-electron chi connectivity index (χ3n) is 10.6. The molecular weight excluding hydrogens is 706 g/mol. The second-order valence-corrected chi connectivity index (χ2v) is 16.8. The Morgan fingerprint density at radius 2 is 1.38 bits per heavy atom. The van der Waals surface area contributed by atoms with Gasteiger partial charge in [0.25, 0.3) is 5.56 Å². The Balaban J connectivity index is 1.21. The zero-order valence-electron chi connectivity index (χ0n) is 29.2. The maximum absolute atomic E-state index is 14.0. The number of morpholine rings is 1. The second kappa shape index (κ2) is 15.9. The fourth-order valence-electron chi connectivity index (χ4n) is 7.99. The molecule has 7 rings (SSSR count). The second-order valence-electron chi connectivity index (χ2n) is 13.8. The van der Waals surface area contributed by atoms with E-state index < -0.39 is 36.0 Å². The number of aryl methyl sites for hydroxylation is 1. The molecular formula is C38H45ClFN6O5P. The lowest BCUT2D eigenvalue weighted by molar-refractivity contribution is -0.148. The first-order valence-corrected chi connectivity index (χ1v) is 20.4. The van der Waals surface area contributed by atoms with E-state index in [-0.39, 0.29) is 13.2 Å². The molecule has 11 nitrogen and oxygen atoms in total. The first-order chi connectivity index (χ1) is 25.1. The molecule has 3 aliphatic heterocycles. The van der Waals surface area contributed by atoms with Gasteiger partial charge in [0, 0.05) is 70.2 Å². The summed E-state index contributed by atoms with van der Waals surface area (Å²) in [7, 11) is 0. The van der Waals surface area contributed by atoms with E-state index in [1.807, 2.05) is 54.6 Å². The van der Waals surface area contributed by atoms with Crippen molar-refractivity contribution in [3.05, 3.63) is 140 Å². The van der Waals surface area contributed by atoms with Gasteiger partial charge in [-0.25, -0.2) is 9.46 Å². The van der Waals surface area contributed by atoms with Crippen LogP contribution in [0.4, 0.5) is 4.48 Å². The number of benzene rings is 3. The standard InChI is InChI=1S/C38H45ClFN6O5P/c1-29-25-46(37(48)41-36(29)47)35-27-43(38(30-11-5-2-6-12-30,31-13-7-3-8-14-31)32-15-9-4-10-16-32)26-34(51-35)28-50-52(39,49)45-23-21-42(22-24-45)33-17-19-44(40)20-18-33/h2-16,25,33-35H,17-24,26-28H2,1H3,(H,41,47,48). The Morgan fingerprint density at radius 3 is 1.92 bits per heavy atom. The van der Waals surface area contributed by atoms with Crippen molar-refractivity contribution in [2.45, 2.75) is 43.7 Å². The van der Waals surface area contributed by atoms with Gasteiger partial charge in [-0.3, -0.25) is 28.7 Å². The predicted molar refractivity (Wildman–Crippen MR) is 199 cm³/mol. The third-order valence-corrected chi connectivity index (χ3v) is 13.1. The Morgan fingerprint density at radius 1 is 0.846 bits per heavy atom. The van der Waals surface area contributed by atoms with E-state index in [4.69, 9.17) is 20.5 Å². The Kier molecular flexibility index (Phi) is 11.3. The molecule has 276 valence electrons. The molecule has 0 saturated carbocycles. The van der Waals surface area contributed by atoms with Gasteiger partial charge < -0.3 is 9.26 Å². The fraction of sp³-hybridized carbons (Fsp3) is 0.421. The Bertz CT molecular complexity index is 1860. The van der Waals surface area contributed by atoms with Crippen LogP contribution >= 0.6 is 18.1 Å². The van der Waals surface area contributed by atoms with Gasteiger partial charge in [-0.1, -0.05) is 91.0 Å². The minimum atomic E-state index is -3.77. The number of H-pyrrole nitrogens is 1. The summed E-state index contributed by atoms with van der Waals surface area (Å²) < 4.78 is 43.4. The summed E-state index contributed by atoms with van der Waals surface area (Å²) in [6, 6.07) is 30.9. The van der Waals surface area contributed by atoms with E-state index in [1.165, 1.54) is 10.8 Å². The largest absolute Gasteiger partial charge is 0.363 e. The van der Waals surface area contributed by atoms with Crippen LogP contribution in [0.15, 0.2) is 107 Å². The number of hydrogen-bond acceptors (Lipinski definition) is 8. The number of piperidine rings is 1. The first kappa shape index (κ1) is 36.9. The van der Waals surface area contributed by atoms with E-state index in [2.05, 4.69) is 51.2 Å². The highest BCUT2D eigenvalue weighted by atomic mass is 35.7. The summed E-state index contributed by atoms with van der Waals surface area (Å²) in [6.07, 6.45) is 1.53. The molecule has 0 spiro atoms. The molecule has 1 N–H and O–H groups in total. The summed E-state index contributed by atoms with van der Waals surface area (Å²) in [4.78, 5) is 32.7. The number of hydrogen-bond donors (Lipinski definition) is 1. The van der Waals surface area contributed by atoms with Crippen molar-refractivity contribution in [1.29, 1.82) is 0 Å². The number of halogens is 2. The molecule has 3 fully saturated rings. The number of aromatic nitrogens is 2. The maximum Gasteiger partial charge on any atom is 0.363 e. The highest BCUT2D eigenvalue weighted by molar-refractivity contribution is 7.83. The van der Waals surface area contributed by atoms with Crippen LogP contribution < -0.4 is 11.2 Å². The van der Waals surface area contributed by atoms with Crippen molar-refractivity contribution in [2.75, 3.05) is 59.0 Å². The zero-order valence-corrected chi connectivity index (χ0v) is 30.9. The lowest BCUT2D eigenvalue weighted by Crippen LogP contribution is -2.58. The van der Waals surface area contributed by atoms with Crippen molar-refractivity contribution in [2.24, 2.45) is 0 Å². The molecule has 3 unspecified atom stereocenters. The molecule has 0 radical (unpaired) electrons. The van der Waals surface area contributed by atoms with E-state index >= 15 is 0 Å². The molecule has 1 aromatic heterocycles. The Hall–Kier alpha value is -3.45. The van der Waals surface area contributed by atoms with Crippen LogP contribution in [-0.2, 0) is 19.4 Å². The van der Waals surface area contributed by atoms with Crippen LogP contribution in [-0.4, -0.2) is 100 Å². The molecule has 52 heavy (non-hydrogen) atoms. The molecule has 14 heteroatoms. The highest BCUT2D eigenvalue weighted by Gasteiger charge is 2.47. The number of piperazine rings is 1. The molecule has 0 bridgehead atoms. The monoisotopic (exact) mass is 750 g/mol. The van der Waals surface area contributed by atoms with E-state index in [1.54, 1.807) is 11.6 Å². The van der Waals surface area contributed by atoms with Crippen LogP contribution in [0, 0.1) is 6.92 Å². The molecule has 0 aliphatic carbocycles. The number of nitrogens with zero attached hydrogens (tertiary/aromatic N) is 5. The first-order valence-electron chi connectivity index (χ1n) is 17.9. The topological polar surface area (TPSA) is 103 Å². The molecule has 4 aromatic rings. The molecule has 3 saturated heterocycles. The smallest absolute Gasteiger partial charge is 0.350 e. The average molecular weight is 751 g/mol. The number of ether oxygens (including phenoxy) is 1. The average Bonchev–Trinajstić information content (AvgIpc) is 3.17.